The molecule has 0 aliphatic carbocycles. The molecule has 5 rings (SSSR count). The van der Waals surface area contributed by atoms with Crippen molar-refractivity contribution in [2.45, 2.75) is 46.3 Å². The van der Waals surface area contributed by atoms with Crippen LogP contribution in [-0.2, 0) is 11.3 Å². The smallest absolute Gasteiger partial charge is 0.410 e. The molecule has 1 aliphatic rings. The monoisotopic (exact) mass is 526 g/mol. The maximum atomic E-state index is 12.6. The number of halogens is 1. The van der Waals surface area contributed by atoms with Gasteiger partial charge in [-0.1, -0.05) is 53.6 Å². The van der Waals surface area contributed by atoms with Crippen LogP contribution >= 0.6 is 11.6 Å². The maximum Gasteiger partial charge on any atom is 0.410 e. The maximum absolute atomic E-state index is 12.6. The summed E-state index contributed by atoms with van der Waals surface area (Å²) in [6.45, 7) is 9.76. The Hall–Kier alpha value is -3.82. The quantitative estimate of drug-likeness (QED) is 0.276. The first-order chi connectivity index (χ1) is 18.1. The molecule has 6 nitrogen and oxygen atoms in total. The van der Waals surface area contributed by atoms with Gasteiger partial charge in [-0.2, -0.15) is 5.26 Å². The summed E-state index contributed by atoms with van der Waals surface area (Å²) in [4.78, 5) is 19.3. The lowest BCUT2D eigenvalue weighted by Gasteiger charge is -2.24. The van der Waals surface area contributed by atoms with Gasteiger partial charge in [-0.05, 0) is 57.7 Å². The second-order valence-electron chi connectivity index (χ2n) is 11.0. The van der Waals surface area contributed by atoms with Crippen molar-refractivity contribution in [1.82, 2.24) is 14.5 Å². The molecular formula is C31H31ClN4O2. The Bertz CT molecular complexity index is 1530. The van der Waals surface area contributed by atoms with E-state index in [4.69, 9.17) is 21.3 Å². The lowest BCUT2D eigenvalue weighted by atomic mass is 9.95. The summed E-state index contributed by atoms with van der Waals surface area (Å²) in [5.41, 5.74) is 5.96. The predicted octanol–water partition coefficient (Wildman–Crippen LogP) is 7.46. The minimum atomic E-state index is -0.512. The molecule has 1 fully saturated rings. The summed E-state index contributed by atoms with van der Waals surface area (Å²) in [7, 11) is 0. The number of carbonyl (C=O) groups excluding carboxylic acids is 1. The van der Waals surface area contributed by atoms with Crippen molar-refractivity contribution < 1.29 is 9.53 Å². The number of ether oxygens (including phenoxy) is 1. The van der Waals surface area contributed by atoms with Crippen LogP contribution in [0.4, 0.5) is 4.79 Å². The van der Waals surface area contributed by atoms with Crippen LogP contribution in [0, 0.1) is 24.2 Å². The minimum Gasteiger partial charge on any atom is -0.444 e. The van der Waals surface area contributed by atoms with E-state index in [1.165, 1.54) is 5.56 Å². The Morgan fingerprint density at radius 2 is 1.82 bits per heavy atom. The number of aromatic nitrogens is 2. The van der Waals surface area contributed by atoms with Crippen molar-refractivity contribution in [2.24, 2.45) is 5.92 Å². The van der Waals surface area contributed by atoms with Gasteiger partial charge in [0.15, 0.2) is 0 Å². The van der Waals surface area contributed by atoms with E-state index in [2.05, 4.69) is 41.8 Å². The van der Waals surface area contributed by atoms with Gasteiger partial charge < -0.3 is 14.2 Å². The van der Waals surface area contributed by atoms with Crippen molar-refractivity contribution >= 4 is 28.6 Å². The van der Waals surface area contributed by atoms with Crippen molar-refractivity contribution in [1.29, 1.82) is 5.26 Å². The average molecular weight is 527 g/mol. The zero-order valence-corrected chi connectivity index (χ0v) is 22.9. The highest BCUT2D eigenvalue weighted by Crippen LogP contribution is 2.41. The summed E-state index contributed by atoms with van der Waals surface area (Å²) in [5, 5.41) is 10.9. The van der Waals surface area contributed by atoms with Gasteiger partial charge in [0.1, 0.15) is 5.60 Å². The van der Waals surface area contributed by atoms with E-state index in [-0.39, 0.29) is 12.0 Å². The molecule has 38 heavy (non-hydrogen) atoms. The molecular weight excluding hydrogens is 496 g/mol. The molecule has 1 aliphatic heterocycles. The molecule has 0 spiro atoms. The highest BCUT2D eigenvalue weighted by atomic mass is 35.5. The van der Waals surface area contributed by atoms with E-state index in [0.717, 1.165) is 46.3 Å². The molecule has 0 saturated carbocycles. The van der Waals surface area contributed by atoms with Crippen molar-refractivity contribution in [3.05, 3.63) is 77.1 Å². The predicted molar refractivity (Wildman–Crippen MR) is 151 cm³/mol. The SMILES string of the molecule is Cc1ccc(-c2ncc3c(c(Cl)cn3C[C@@H]3CCN(C(=O)OC(C)(C)C)C3)c2-c2ccc(C#N)cc2)cc1. The van der Waals surface area contributed by atoms with Crippen molar-refractivity contribution in [3.63, 3.8) is 0 Å². The summed E-state index contributed by atoms with van der Waals surface area (Å²) >= 11 is 6.93. The standard InChI is InChI=1S/C31H31ClN4O2/c1-20-5-9-24(10-6-20)29-27(23-11-7-21(15-33)8-12-23)28-25(32)19-36(26(28)16-34-29)18-22-13-14-35(17-22)30(37)38-31(2,3)4/h5-12,16,19,22H,13-14,17-18H2,1-4H3/t22-/m1/s1. The van der Waals surface area contributed by atoms with Gasteiger partial charge in [0.05, 0.1) is 34.1 Å². The Kier molecular flexibility index (Phi) is 6.90. The molecule has 0 N–H and O–H groups in total. The van der Waals surface area contributed by atoms with Gasteiger partial charge >= 0.3 is 6.09 Å². The number of likely N-dealkylation sites (tertiary alicyclic amines) is 1. The molecule has 3 heterocycles. The normalized spacial score (nSPS) is 15.6. The molecule has 4 aromatic rings. The molecule has 0 bridgehead atoms. The van der Waals surface area contributed by atoms with Crippen LogP contribution in [0.15, 0.2) is 60.9 Å². The Morgan fingerprint density at radius 3 is 2.47 bits per heavy atom. The Balaban J connectivity index is 1.53. The number of hydrogen-bond acceptors (Lipinski definition) is 4. The summed E-state index contributed by atoms with van der Waals surface area (Å²) in [6, 6.07) is 18.0. The molecule has 7 heteroatoms. The summed E-state index contributed by atoms with van der Waals surface area (Å²) < 4.78 is 7.72. The van der Waals surface area contributed by atoms with Gasteiger partial charge in [-0.25, -0.2) is 4.79 Å². The molecule has 1 saturated heterocycles. The lowest BCUT2D eigenvalue weighted by molar-refractivity contribution is 0.0287. The Labute approximate surface area is 228 Å². The fourth-order valence-electron chi connectivity index (χ4n) is 5.06. The number of fused-ring (bicyclic) bond motifs is 1. The van der Waals surface area contributed by atoms with E-state index in [1.54, 1.807) is 4.90 Å². The number of rotatable bonds is 4. The number of amides is 1. The number of nitrogens with zero attached hydrogens (tertiary/aromatic N) is 4. The van der Waals surface area contributed by atoms with E-state index in [0.29, 0.717) is 23.7 Å². The first kappa shape index (κ1) is 25.8. The highest BCUT2D eigenvalue weighted by molar-refractivity contribution is 6.37. The van der Waals surface area contributed by atoms with Crippen LogP contribution in [0.3, 0.4) is 0 Å². The van der Waals surface area contributed by atoms with Crippen LogP contribution in [-0.4, -0.2) is 39.2 Å². The van der Waals surface area contributed by atoms with Gasteiger partial charge in [0.25, 0.3) is 0 Å². The Morgan fingerprint density at radius 1 is 1.13 bits per heavy atom. The number of hydrogen-bond donors (Lipinski definition) is 0. The third-order valence-corrected chi connectivity index (χ3v) is 7.18. The molecule has 2 aromatic carbocycles. The number of pyridine rings is 1. The van der Waals surface area contributed by atoms with Gasteiger partial charge in [-0.3, -0.25) is 4.98 Å². The summed E-state index contributed by atoms with van der Waals surface area (Å²) in [5.74, 6) is 0.282. The fourth-order valence-corrected chi connectivity index (χ4v) is 5.37. The van der Waals surface area contributed by atoms with Gasteiger partial charge in [0.2, 0.25) is 0 Å². The number of carbonyl (C=O) groups is 1. The second-order valence-corrected chi connectivity index (χ2v) is 11.4. The van der Waals surface area contributed by atoms with E-state index in [1.807, 2.05) is 57.4 Å². The van der Waals surface area contributed by atoms with Crippen LogP contribution in [0.2, 0.25) is 5.02 Å². The topological polar surface area (TPSA) is 71.2 Å². The molecule has 0 unspecified atom stereocenters. The zero-order chi connectivity index (χ0) is 27.0. The zero-order valence-electron chi connectivity index (χ0n) is 22.2. The lowest BCUT2D eigenvalue weighted by Crippen LogP contribution is -2.35. The van der Waals surface area contributed by atoms with Crippen LogP contribution in [0.5, 0.6) is 0 Å². The van der Waals surface area contributed by atoms with Crippen LogP contribution < -0.4 is 0 Å². The molecule has 194 valence electrons. The molecule has 1 amide bonds. The fraction of sp³-hybridized carbons (Fsp3) is 0.323. The average Bonchev–Trinajstić information content (AvgIpc) is 3.48. The van der Waals surface area contributed by atoms with Crippen LogP contribution in [0.25, 0.3) is 33.3 Å². The highest BCUT2D eigenvalue weighted by Gasteiger charge is 2.30. The molecule has 1 atom stereocenters. The second kappa shape index (κ2) is 10.2. The third-order valence-electron chi connectivity index (χ3n) is 6.90. The third kappa shape index (κ3) is 5.25. The van der Waals surface area contributed by atoms with E-state index in [9.17, 15) is 10.1 Å². The van der Waals surface area contributed by atoms with Crippen molar-refractivity contribution in [2.75, 3.05) is 13.1 Å². The van der Waals surface area contributed by atoms with Crippen molar-refractivity contribution in [3.8, 4) is 28.5 Å². The molecule has 0 radical (unpaired) electrons. The van der Waals surface area contributed by atoms with Crippen LogP contribution in [0.1, 0.15) is 38.3 Å². The number of aryl methyl sites for hydroxylation is 1. The minimum absolute atomic E-state index is 0.261. The largest absolute Gasteiger partial charge is 0.444 e. The first-order valence-corrected chi connectivity index (χ1v) is 13.2. The number of nitriles is 1. The summed E-state index contributed by atoms with van der Waals surface area (Å²) in [6.07, 6.45) is 4.50. The van der Waals surface area contributed by atoms with E-state index < -0.39 is 5.60 Å². The van der Waals surface area contributed by atoms with E-state index >= 15 is 0 Å². The van der Waals surface area contributed by atoms with Gasteiger partial charge in [0, 0.05) is 42.3 Å². The number of benzene rings is 2. The first-order valence-electron chi connectivity index (χ1n) is 12.9. The molecule has 2 aromatic heterocycles. The van der Waals surface area contributed by atoms with Gasteiger partial charge in [-0.15, -0.1) is 0 Å².